The molecule has 1 fully saturated rings. The van der Waals surface area contributed by atoms with Gasteiger partial charge in [0.1, 0.15) is 0 Å². The molecule has 0 spiro atoms. The third kappa shape index (κ3) is 7.55. The zero-order valence-electron chi connectivity index (χ0n) is 14.7. The summed E-state index contributed by atoms with van der Waals surface area (Å²) < 4.78 is 11.2. The molecule has 1 saturated heterocycles. The molecule has 5 nitrogen and oxygen atoms in total. The van der Waals surface area contributed by atoms with Crippen molar-refractivity contribution in [2.45, 2.75) is 36.0 Å². The van der Waals surface area contributed by atoms with Crippen molar-refractivity contribution in [1.29, 1.82) is 0 Å². The van der Waals surface area contributed by atoms with Gasteiger partial charge in [0, 0.05) is 36.9 Å². The molecular formula is C18H29N3O2S. The molecule has 134 valence electrons. The topological polar surface area (TPSA) is 54.9 Å². The van der Waals surface area contributed by atoms with Gasteiger partial charge in [-0.25, -0.2) is 0 Å². The maximum atomic E-state index is 5.64. The molecule has 0 saturated carbocycles. The van der Waals surface area contributed by atoms with Gasteiger partial charge in [0.2, 0.25) is 0 Å². The lowest BCUT2D eigenvalue weighted by molar-refractivity contribution is 0.0191. The average molecular weight is 352 g/mol. The van der Waals surface area contributed by atoms with E-state index in [0.29, 0.717) is 24.6 Å². The van der Waals surface area contributed by atoms with Crippen LogP contribution in [0.25, 0.3) is 0 Å². The molecule has 1 aromatic carbocycles. The van der Waals surface area contributed by atoms with Crippen molar-refractivity contribution in [2.75, 3.05) is 40.0 Å². The first kappa shape index (κ1) is 19.1. The first-order valence-corrected chi connectivity index (χ1v) is 9.51. The van der Waals surface area contributed by atoms with Crippen LogP contribution >= 0.6 is 11.8 Å². The zero-order chi connectivity index (χ0) is 17.0. The normalized spacial score (nSPS) is 19.2. The Morgan fingerprint density at radius 2 is 2.21 bits per heavy atom. The predicted molar refractivity (Wildman–Crippen MR) is 101 cm³/mol. The largest absolute Gasteiger partial charge is 0.377 e. The van der Waals surface area contributed by atoms with Crippen molar-refractivity contribution in [3.8, 4) is 0 Å². The maximum absolute atomic E-state index is 5.64. The van der Waals surface area contributed by atoms with Crippen LogP contribution in [0.4, 0.5) is 0 Å². The predicted octanol–water partition coefficient (Wildman–Crippen LogP) is 2.53. The van der Waals surface area contributed by atoms with Crippen LogP contribution in [0.15, 0.2) is 40.2 Å². The van der Waals surface area contributed by atoms with Crippen molar-refractivity contribution < 1.29 is 9.47 Å². The van der Waals surface area contributed by atoms with Gasteiger partial charge in [-0.3, -0.25) is 4.99 Å². The van der Waals surface area contributed by atoms with Gasteiger partial charge in [0.05, 0.1) is 19.3 Å². The lowest BCUT2D eigenvalue weighted by atomic mass is 10.2. The van der Waals surface area contributed by atoms with Gasteiger partial charge in [0.15, 0.2) is 5.96 Å². The summed E-state index contributed by atoms with van der Waals surface area (Å²) in [6.07, 6.45) is 2.56. The third-order valence-corrected chi connectivity index (χ3v) is 4.84. The second kappa shape index (κ2) is 11.3. The molecule has 2 rings (SSSR count). The van der Waals surface area contributed by atoms with Gasteiger partial charge >= 0.3 is 0 Å². The lowest BCUT2D eigenvalue weighted by Gasteiger charge is -2.16. The molecule has 2 atom stereocenters. The number of ether oxygens (including phenoxy) is 2. The highest BCUT2D eigenvalue weighted by Crippen LogP contribution is 2.21. The second-order valence-corrected chi connectivity index (χ2v) is 7.34. The molecule has 0 aliphatic carbocycles. The van der Waals surface area contributed by atoms with E-state index in [1.54, 1.807) is 7.05 Å². The lowest BCUT2D eigenvalue weighted by Crippen LogP contribution is -2.41. The first-order valence-electron chi connectivity index (χ1n) is 8.63. The first-order chi connectivity index (χ1) is 11.8. The standard InChI is InChI=1S/C18H29N3O2S/c1-15(24-17-8-4-3-5-9-17)13-21-18(19-2)20-10-12-22-14-16-7-6-11-23-16/h3-5,8-9,15-16H,6-7,10-14H2,1-2H3,(H2,19,20,21). The third-order valence-electron chi connectivity index (χ3n) is 3.73. The van der Waals surface area contributed by atoms with Crippen LogP contribution in [-0.2, 0) is 9.47 Å². The van der Waals surface area contributed by atoms with Crippen molar-refractivity contribution in [2.24, 2.45) is 4.99 Å². The van der Waals surface area contributed by atoms with Gasteiger partial charge in [-0.15, -0.1) is 11.8 Å². The minimum Gasteiger partial charge on any atom is -0.377 e. The smallest absolute Gasteiger partial charge is 0.191 e. The highest BCUT2D eigenvalue weighted by Gasteiger charge is 2.15. The Labute approximate surface area is 149 Å². The Morgan fingerprint density at radius 1 is 1.38 bits per heavy atom. The summed E-state index contributed by atoms with van der Waals surface area (Å²) in [4.78, 5) is 5.54. The Morgan fingerprint density at radius 3 is 2.92 bits per heavy atom. The molecule has 6 heteroatoms. The molecule has 2 N–H and O–H groups in total. The van der Waals surface area contributed by atoms with E-state index in [2.05, 4.69) is 46.8 Å². The van der Waals surface area contributed by atoms with Gasteiger partial charge in [-0.05, 0) is 25.0 Å². The minimum atomic E-state index is 0.290. The van der Waals surface area contributed by atoms with E-state index in [0.717, 1.165) is 38.5 Å². The van der Waals surface area contributed by atoms with E-state index < -0.39 is 0 Å². The van der Waals surface area contributed by atoms with Gasteiger partial charge < -0.3 is 20.1 Å². The molecule has 0 amide bonds. The second-order valence-electron chi connectivity index (χ2n) is 5.83. The average Bonchev–Trinajstić information content (AvgIpc) is 3.11. The van der Waals surface area contributed by atoms with Crippen molar-refractivity contribution >= 4 is 17.7 Å². The van der Waals surface area contributed by atoms with E-state index in [1.807, 2.05) is 17.8 Å². The summed E-state index contributed by atoms with van der Waals surface area (Å²) in [5, 5.41) is 7.10. The summed E-state index contributed by atoms with van der Waals surface area (Å²) in [7, 11) is 1.79. The summed E-state index contributed by atoms with van der Waals surface area (Å²) in [5.74, 6) is 0.816. The quantitative estimate of drug-likeness (QED) is 0.310. The van der Waals surface area contributed by atoms with Crippen LogP contribution in [0.3, 0.4) is 0 Å². The fourth-order valence-corrected chi connectivity index (χ4v) is 3.41. The van der Waals surface area contributed by atoms with Gasteiger partial charge in [0.25, 0.3) is 0 Å². The van der Waals surface area contributed by atoms with Crippen LogP contribution in [-0.4, -0.2) is 57.3 Å². The molecule has 2 unspecified atom stereocenters. The number of hydrogen-bond donors (Lipinski definition) is 2. The molecule has 0 aromatic heterocycles. The number of aliphatic imine (C=N–C) groups is 1. The number of benzene rings is 1. The van der Waals surface area contributed by atoms with E-state index in [4.69, 9.17) is 9.47 Å². The van der Waals surface area contributed by atoms with Crippen molar-refractivity contribution in [3.05, 3.63) is 30.3 Å². The fraction of sp³-hybridized carbons (Fsp3) is 0.611. The van der Waals surface area contributed by atoms with Crippen LogP contribution in [0.2, 0.25) is 0 Å². The Balaban J connectivity index is 1.54. The van der Waals surface area contributed by atoms with Gasteiger partial charge in [-0.2, -0.15) is 0 Å². The number of rotatable bonds is 9. The molecule has 24 heavy (non-hydrogen) atoms. The monoisotopic (exact) mass is 351 g/mol. The van der Waals surface area contributed by atoms with Crippen LogP contribution in [0.5, 0.6) is 0 Å². The molecule has 1 aromatic rings. The van der Waals surface area contributed by atoms with Crippen LogP contribution in [0, 0.1) is 0 Å². The number of guanidine groups is 1. The van der Waals surface area contributed by atoms with Crippen molar-refractivity contribution in [1.82, 2.24) is 10.6 Å². The van der Waals surface area contributed by atoms with Crippen molar-refractivity contribution in [3.63, 3.8) is 0 Å². The highest BCUT2D eigenvalue weighted by molar-refractivity contribution is 8.00. The highest BCUT2D eigenvalue weighted by atomic mass is 32.2. The number of nitrogens with one attached hydrogen (secondary N) is 2. The zero-order valence-corrected chi connectivity index (χ0v) is 15.5. The van der Waals surface area contributed by atoms with Crippen LogP contribution in [0.1, 0.15) is 19.8 Å². The van der Waals surface area contributed by atoms with E-state index in [-0.39, 0.29) is 0 Å². The molecular weight excluding hydrogens is 322 g/mol. The fourth-order valence-electron chi connectivity index (χ4n) is 2.47. The number of nitrogens with zero attached hydrogens (tertiary/aromatic N) is 1. The number of hydrogen-bond acceptors (Lipinski definition) is 4. The minimum absolute atomic E-state index is 0.290. The van der Waals surface area contributed by atoms with Gasteiger partial charge in [-0.1, -0.05) is 25.1 Å². The molecule has 1 aliphatic rings. The molecule has 1 aliphatic heterocycles. The van der Waals surface area contributed by atoms with Crippen LogP contribution < -0.4 is 10.6 Å². The Bertz CT molecular complexity index is 478. The maximum Gasteiger partial charge on any atom is 0.191 e. The summed E-state index contributed by atoms with van der Waals surface area (Å²) >= 11 is 1.86. The molecule has 1 heterocycles. The molecule has 0 radical (unpaired) electrons. The van der Waals surface area contributed by atoms with E-state index in [9.17, 15) is 0 Å². The Hall–Kier alpha value is -1.24. The Kier molecular flexibility index (Phi) is 9.02. The molecule has 0 bridgehead atoms. The number of thioether (sulfide) groups is 1. The summed E-state index contributed by atoms with van der Waals surface area (Å²) in [6.45, 7) is 6.04. The van der Waals surface area contributed by atoms with E-state index in [1.165, 1.54) is 4.90 Å². The summed E-state index contributed by atoms with van der Waals surface area (Å²) in [6, 6.07) is 10.5. The SMILES string of the molecule is CN=C(NCCOCC1CCCO1)NCC(C)Sc1ccccc1. The van der Waals surface area contributed by atoms with E-state index >= 15 is 0 Å². The summed E-state index contributed by atoms with van der Waals surface area (Å²) in [5.41, 5.74) is 0.